The van der Waals surface area contributed by atoms with Crippen molar-refractivity contribution in [3.8, 4) is 0 Å². The third-order valence-electron chi connectivity index (χ3n) is 3.48. The lowest BCUT2D eigenvalue weighted by Crippen LogP contribution is -2.04. The van der Waals surface area contributed by atoms with Crippen LogP contribution in [0.25, 0.3) is 23.9 Å². The summed E-state index contributed by atoms with van der Waals surface area (Å²) in [6.07, 6.45) is 0. The Morgan fingerprint density at radius 1 is 0.826 bits per heavy atom. The van der Waals surface area contributed by atoms with E-state index in [1.165, 1.54) is 5.56 Å². The molecule has 3 N–H and O–H groups in total. The van der Waals surface area contributed by atoms with Crippen molar-refractivity contribution in [1.82, 2.24) is 4.98 Å². The van der Waals surface area contributed by atoms with Gasteiger partial charge in [-0.3, -0.25) is 0 Å². The lowest BCUT2D eigenvalue weighted by molar-refractivity contribution is 0.867. The summed E-state index contributed by atoms with van der Waals surface area (Å²) in [6.45, 7) is 18.1. The summed E-state index contributed by atoms with van der Waals surface area (Å²) in [6, 6.07) is 16.1. The smallest absolute Gasteiger partial charge is 0.0391 e. The zero-order valence-electron chi connectivity index (χ0n) is 14.1. The van der Waals surface area contributed by atoms with Gasteiger partial charge in [0.15, 0.2) is 0 Å². The number of H-pyrrole nitrogens is 1. The zero-order valence-corrected chi connectivity index (χ0v) is 14.1. The first-order valence-electron chi connectivity index (χ1n) is 7.59. The molecule has 0 atom stereocenters. The van der Waals surface area contributed by atoms with Crippen LogP contribution in [0, 0.1) is 0 Å². The molecule has 2 heteroatoms. The molecule has 1 aromatic heterocycles. The molecule has 0 aliphatic rings. The largest absolute Gasteiger partial charge is 0.399 e. The van der Waals surface area contributed by atoms with Gasteiger partial charge in [-0.2, -0.15) is 0 Å². The molecule has 0 saturated heterocycles. The Hall–Kier alpha value is -2.74. The highest BCUT2D eigenvalue weighted by Crippen LogP contribution is 2.14. The van der Waals surface area contributed by atoms with E-state index in [-0.39, 0.29) is 0 Å². The van der Waals surface area contributed by atoms with Gasteiger partial charge >= 0.3 is 0 Å². The lowest BCUT2D eigenvalue weighted by atomic mass is 10.0. The monoisotopic (exact) mass is 306 g/mol. The van der Waals surface area contributed by atoms with Crippen LogP contribution in [-0.4, -0.2) is 4.98 Å². The fourth-order valence-corrected chi connectivity index (χ4v) is 2.21. The molecule has 0 amide bonds. The predicted molar refractivity (Wildman–Crippen MR) is 105 cm³/mol. The Kier molecular flexibility index (Phi) is 6.88. The Bertz CT molecular complexity index is 782. The van der Waals surface area contributed by atoms with Crippen molar-refractivity contribution in [3.63, 3.8) is 0 Å². The minimum absolute atomic E-state index is 0.598. The summed E-state index contributed by atoms with van der Waals surface area (Å²) < 4.78 is 0. The second kappa shape index (κ2) is 8.64. The van der Waals surface area contributed by atoms with Gasteiger partial charge in [-0.25, -0.2) is 0 Å². The summed E-state index contributed by atoms with van der Waals surface area (Å²) >= 11 is 0. The minimum atomic E-state index is 0.598. The summed E-state index contributed by atoms with van der Waals surface area (Å²) in [5, 5.41) is 4.23. The highest BCUT2D eigenvalue weighted by atomic mass is 14.7. The Morgan fingerprint density at radius 2 is 1.26 bits per heavy atom. The summed E-state index contributed by atoms with van der Waals surface area (Å²) in [5.74, 6) is 0.598. The topological polar surface area (TPSA) is 41.8 Å². The number of aromatic amines is 1. The zero-order chi connectivity index (χ0) is 17.4. The second-order valence-corrected chi connectivity index (χ2v) is 5.45. The van der Waals surface area contributed by atoms with Crippen LogP contribution in [0.3, 0.4) is 0 Å². The van der Waals surface area contributed by atoms with E-state index in [1.54, 1.807) is 0 Å². The normalized spacial score (nSPS) is 9.70. The maximum Gasteiger partial charge on any atom is 0.0391 e. The second-order valence-electron chi connectivity index (χ2n) is 5.45. The van der Waals surface area contributed by atoms with E-state index in [4.69, 9.17) is 5.73 Å². The van der Waals surface area contributed by atoms with E-state index in [9.17, 15) is 0 Å². The van der Waals surface area contributed by atoms with Crippen LogP contribution in [0.2, 0.25) is 0 Å². The van der Waals surface area contributed by atoms with Gasteiger partial charge in [0.05, 0.1) is 0 Å². The maximum atomic E-state index is 5.53. The van der Waals surface area contributed by atoms with Crippen LogP contribution in [0.4, 0.5) is 5.69 Å². The summed E-state index contributed by atoms with van der Waals surface area (Å²) in [5.41, 5.74) is 7.71. The predicted octanol–water partition coefficient (Wildman–Crippen LogP) is 4.18. The molecule has 3 rings (SSSR count). The van der Waals surface area contributed by atoms with E-state index in [0.29, 0.717) is 5.92 Å². The van der Waals surface area contributed by atoms with Crippen molar-refractivity contribution in [2.45, 2.75) is 19.8 Å². The third kappa shape index (κ3) is 4.89. The van der Waals surface area contributed by atoms with Gasteiger partial charge in [0.25, 0.3) is 0 Å². The molecular formula is C21H26N2. The molecule has 0 saturated carbocycles. The molecule has 0 aliphatic carbocycles. The summed E-state index contributed by atoms with van der Waals surface area (Å²) in [4.78, 5) is 3.09. The van der Waals surface area contributed by atoms with Crippen LogP contribution in [0.5, 0.6) is 0 Å². The van der Waals surface area contributed by atoms with Crippen LogP contribution in [-0.2, 0) is 0 Å². The van der Waals surface area contributed by atoms with Gasteiger partial charge in [0.1, 0.15) is 0 Å². The van der Waals surface area contributed by atoms with Crippen molar-refractivity contribution >= 4 is 29.6 Å². The quantitative estimate of drug-likeness (QED) is 0.514. The number of aromatic nitrogens is 1. The van der Waals surface area contributed by atoms with E-state index in [0.717, 1.165) is 27.2 Å². The number of hydrogen-bond donors (Lipinski definition) is 2. The first-order valence-corrected chi connectivity index (χ1v) is 7.59. The number of hydrogen-bond acceptors (Lipinski definition) is 1. The molecule has 2 aromatic carbocycles. The average molecular weight is 306 g/mol. The first-order chi connectivity index (χ1) is 11.0. The fraction of sp³-hybridized carbons (Fsp3) is 0.143. The minimum Gasteiger partial charge on any atom is -0.399 e. The van der Waals surface area contributed by atoms with Crippen molar-refractivity contribution in [3.05, 3.63) is 78.0 Å². The molecule has 1 heterocycles. The van der Waals surface area contributed by atoms with Crippen molar-refractivity contribution in [1.29, 1.82) is 0 Å². The number of fused-ring (bicyclic) bond motifs is 1. The van der Waals surface area contributed by atoms with Gasteiger partial charge < -0.3 is 10.7 Å². The summed E-state index contributed by atoms with van der Waals surface area (Å²) in [7, 11) is 0. The molecule has 0 bridgehead atoms. The van der Waals surface area contributed by atoms with Gasteiger partial charge in [-0.1, -0.05) is 63.4 Å². The molecule has 0 unspecified atom stereocenters. The van der Waals surface area contributed by atoms with E-state index < -0.39 is 0 Å². The van der Waals surface area contributed by atoms with Crippen molar-refractivity contribution < 1.29 is 0 Å². The number of anilines is 1. The van der Waals surface area contributed by atoms with Gasteiger partial charge in [-0.15, -0.1) is 13.2 Å². The van der Waals surface area contributed by atoms with Crippen LogP contribution < -0.4 is 16.4 Å². The molecule has 3 aromatic rings. The third-order valence-corrected chi connectivity index (χ3v) is 3.48. The first kappa shape index (κ1) is 18.3. The molecule has 120 valence electrons. The number of nitrogens with one attached hydrogen (secondary N) is 1. The molecular weight excluding hydrogens is 280 g/mol. The van der Waals surface area contributed by atoms with E-state index in [1.807, 2.05) is 36.4 Å². The standard InChI is InChI=1S/C10H9N.C9H13N.C2H4/c1-7-9-5-3-4-6-10(9)8(2)11-7;1-7(2)8-3-5-9(10)6-4-8;1-2/h3-6,11H,1-2H2;3-7H,10H2,1-2H3;1-2H2. The highest BCUT2D eigenvalue weighted by molar-refractivity contribution is 5.82. The lowest BCUT2D eigenvalue weighted by Gasteiger charge is -2.03. The van der Waals surface area contributed by atoms with Gasteiger partial charge in [0.2, 0.25) is 0 Å². The van der Waals surface area contributed by atoms with E-state index >= 15 is 0 Å². The number of rotatable bonds is 1. The van der Waals surface area contributed by atoms with E-state index in [2.05, 4.69) is 57.3 Å². The molecule has 2 nitrogen and oxygen atoms in total. The van der Waals surface area contributed by atoms with Crippen LogP contribution in [0.15, 0.2) is 61.7 Å². The molecule has 0 spiro atoms. The molecule has 0 radical (unpaired) electrons. The van der Waals surface area contributed by atoms with Crippen molar-refractivity contribution in [2.24, 2.45) is 0 Å². The number of benzene rings is 2. The van der Waals surface area contributed by atoms with Gasteiger partial charge in [0, 0.05) is 27.2 Å². The molecule has 23 heavy (non-hydrogen) atoms. The number of nitrogen functional groups attached to an aromatic ring is 1. The fourth-order valence-electron chi connectivity index (χ4n) is 2.21. The van der Waals surface area contributed by atoms with Crippen LogP contribution >= 0.6 is 0 Å². The SMILES string of the molecule is C=C.C=c1[nH]c(=C)c2ccccc12.CC(C)c1ccc(N)cc1. The van der Waals surface area contributed by atoms with Crippen molar-refractivity contribution in [2.75, 3.05) is 5.73 Å². The molecule has 0 aliphatic heterocycles. The van der Waals surface area contributed by atoms with Gasteiger partial charge in [-0.05, 0) is 23.6 Å². The average Bonchev–Trinajstić information content (AvgIpc) is 2.86. The molecule has 0 fully saturated rings. The Labute approximate surface area is 138 Å². The maximum absolute atomic E-state index is 5.53. The number of nitrogens with two attached hydrogens (primary N) is 1. The Morgan fingerprint density at radius 3 is 1.65 bits per heavy atom. The highest BCUT2D eigenvalue weighted by Gasteiger charge is 1.95. The van der Waals surface area contributed by atoms with Crippen LogP contribution in [0.1, 0.15) is 25.3 Å². The Balaban J connectivity index is 0.000000209.